The van der Waals surface area contributed by atoms with Crippen molar-refractivity contribution in [3.05, 3.63) is 24.3 Å². The molecule has 2 rings (SSSR count). The minimum atomic E-state index is -0.790. The summed E-state index contributed by atoms with van der Waals surface area (Å²) in [6.45, 7) is 5.47. The van der Waals surface area contributed by atoms with E-state index in [1.807, 2.05) is 31.2 Å². The first-order valence-electron chi connectivity index (χ1n) is 5.79. The van der Waals surface area contributed by atoms with Gasteiger partial charge in [-0.2, -0.15) is 5.21 Å². The van der Waals surface area contributed by atoms with E-state index in [0.717, 1.165) is 11.3 Å². The van der Waals surface area contributed by atoms with Crippen molar-refractivity contribution in [1.29, 1.82) is 0 Å². The third-order valence-corrected chi connectivity index (χ3v) is 2.91. The molecule has 0 aliphatic rings. The van der Waals surface area contributed by atoms with Crippen molar-refractivity contribution >= 4 is 5.69 Å². The van der Waals surface area contributed by atoms with Crippen LogP contribution >= 0.6 is 0 Å². The van der Waals surface area contributed by atoms with Gasteiger partial charge in [-0.3, -0.25) is 0 Å². The molecule has 0 bridgehead atoms. The van der Waals surface area contributed by atoms with Crippen LogP contribution in [0.2, 0.25) is 0 Å². The van der Waals surface area contributed by atoms with Gasteiger partial charge in [0.2, 0.25) is 5.82 Å². The highest BCUT2D eigenvalue weighted by Gasteiger charge is 2.21. The number of nitrogens with zero attached hydrogens (tertiary/aromatic N) is 3. The number of nitrogens with one attached hydrogen (secondary N) is 2. The number of anilines is 1. The highest BCUT2D eigenvalue weighted by atomic mass is 16.3. The fraction of sp³-hybridized carbons (Fsp3) is 0.417. The summed E-state index contributed by atoms with van der Waals surface area (Å²) in [5.74, 6) is 0.551. The Kier molecular flexibility index (Phi) is 3.29. The predicted octanol–water partition coefficient (Wildman–Crippen LogP) is 1.44. The summed E-state index contributed by atoms with van der Waals surface area (Å²) >= 11 is 0. The molecular formula is C12H17N5O. The molecule has 2 aromatic rings. The van der Waals surface area contributed by atoms with Crippen LogP contribution in [0, 0.1) is 0 Å². The Labute approximate surface area is 105 Å². The summed E-state index contributed by atoms with van der Waals surface area (Å²) in [6, 6.07) is 7.60. The molecule has 0 fully saturated rings. The molecule has 96 valence electrons. The van der Waals surface area contributed by atoms with E-state index in [1.165, 1.54) is 0 Å². The van der Waals surface area contributed by atoms with Gasteiger partial charge in [-0.15, -0.1) is 10.2 Å². The van der Waals surface area contributed by atoms with Crippen LogP contribution in [0.5, 0.6) is 0 Å². The summed E-state index contributed by atoms with van der Waals surface area (Å²) in [7, 11) is 0. The highest BCUT2D eigenvalue weighted by Crippen LogP contribution is 2.21. The first-order valence-corrected chi connectivity index (χ1v) is 5.79. The predicted molar refractivity (Wildman–Crippen MR) is 69.0 cm³/mol. The summed E-state index contributed by atoms with van der Waals surface area (Å²) in [6.07, 6.45) is 0. The Morgan fingerprint density at radius 2 is 2.17 bits per heavy atom. The number of aromatic nitrogens is 4. The van der Waals surface area contributed by atoms with Gasteiger partial charge in [-0.25, -0.2) is 0 Å². The zero-order valence-electron chi connectivity index (χ0n) is 10.7. The SMILES string of the molecule is CC(Nc1cccc(-c2nn[nH]n2)c1)C(C)(C)O. The van der Waals surface area contributed by atoms with E-state index < -0.39 is 5.60 Å². The van der Waals surface area contributed by atoms with Crippen LogP contribution in [0.15, 0.2) is 24.3 Å². The second-order valence-electron chi connectivity index (χ2n) is 4.84. The second-order valence-corrected chi connectivity index (χ2v) is 4.84. The standard InChI is InChI=1S/C12H17N5O/c1-8(12(2,3)18)13-10-6-4-5-9(7-10)11-14-16-17-15-11/h4-8,13,18H,1-3H3,(H,14,15,16,17). The molecule has 18 heavy (non-hydrogen) atoms. The minimum Gasteiger partial charge on any atom is -0.388 e. The first-order chi connectivity index (χ1) is 8.47. The lowest BCUT2D eigenvalue weighted by atomic mass is 10.0. The molecule has 3 N–H and O–H groups in total. The van der Waals surface area contributed by atoms with E-state index in [2.05, 4.69) is 25.9 Å². The number of tetrazole rings is 1. The van der Waals surface area contributed by atoms with Gasteiger partial charge in [0.25, 0.3) is 0 Å². The van der Waals surface area contributed by atoms with E-state index in [9.17, 15) is 5.11 Å². The smallest absolute Gasteiger partial charge is 0.204 e. The average molecular weight is 247 g/mol. The molecule has 0 spiro atoms. The largest absolute Gasteiger partial charge is 0.388 e. The number of aromatic amines is 1. The number of rotatable bonds is 4. The summed E-state index contributed by atoms with van der Waals surface area (Å²) in [4.78, 5) is 0. The van der Waals surface area contributed by atoms with Crippen molar-refractivity contribution in [2.45, 2.75) is 32.4 Å². The van der Waals surface area contributed by atoms with Crippen molar-refractivity contribution < 1.29 is 5.11 Å². The van der Waals surface area contributed by atoms with Gasteiger partial charge in [0, 0.05) is 11.3 Å². The van der Waals surface area contributed by atoms with Gasteiger partial charge in [-0.1, -0.05) is 12.1 Å². The van der Waals surface area contributed by atoms with Gasteiger partial charge >= 0.3 is 0 Å². The molecule has 0 aliphatic heterocycles. The summed E-state index contributed by atoms with van der Waals surface area (Å²) in [5.41, 5.74) is 0.992. The van der Waals surface area contributed by atoms with Gasteiger partial charge in [0.15, 0.2) is 0 Å². The summed E-state index contributed by atoms with van der Waals surface area (Å²) < 4.78 is 0. The molecular weight excluding hydrogens is 230 g/mol. The van der Waals surface area contributed by atoms with Crippen LogP contribution in [0.1, 0.15) is 20.8 Å². The summed E-state index contributed by atoms with van der Waals surface area (Å²) in [5, 5.41) is 27.0. The van der Waals surface area contributed by atoms with Crippen molar-refractivity contribution in [3.63, 3.8) is 0 Å². The molecule has 1 aromatic carbocycles. The van der Waals surface area contributed by atoms with Crippen LogP contribution in [-0.2, 0) is 0 Å². The average Bonchev–Trinajstić information content (AvgIpc) is 2.81. The van der Waals surface area contributed by atoms with Crippen LogP contribution in [0.4, 0.5) is 5.69 Å². The van der Waals surface area contributed by atoms with Crippen molar-refractivity contribution in [3.8, 4) is 11.4 Å². The van der Waals surface area contributed by atoms with Crippen LogP contribution in [0.3, 0.4) is 0 Å². The van der Waals surface area contributed by atoms with Crippen LogP contribution in [-0.4, -0.2) is 37.4 Å². The maximum absolute atomic E-state index is 9.90. The van der Waals surface area contributed by atoms with Gasteiger partial charge in [0.1, 0.15) is 0 Å². The maximum atomic E-state index is 9.90. The van der Waals surface area contributed by atoms with Crippen molar-refractivity contribution in [2.75, 3.05) is 5.32 Å². The van der Waals surface area contributed by atoms with Crippen molar-refractivity contribution in [2.24, 2.45) is 0 Å². The van der Waals surface area contributed by atoms with Crippen LogP contribution in [0.25, 0.3) is 11.4 Å². The van der Waals surface area contributed by atoms with Gasteiger partial charge in [-0.05, 0) is 38.1 Å². The molecule has 0 radical (unpaired) electrons. The molecule has 0 aliphatic carbocycles. The molecule has 0 saturated carbocycles. The molecule has 0 amide bonds. The maximum Gasteiger partial charge on any atom is 0.204 e. The number of aliphatic hydroxyl groups is 1. The number of hydrogen-bond donors (Lipinski definition) is 3. The fourth-order valence-electron chi connectivity index (χ4n) is 1.46. The topological polar surface area (TPSA) is 86.7 Å². The molecule has 1 unspecified atom stereocenters. The van der Waals surface area contributed by atoms with E-state index >= 15 is 0 Å². The van der Waals surface area contributed by atoms with E-state index in [4.69, 9.17) is 0 Å². The molecule has 1 aromatic heterocycles. The molecule has 1 atom stereocenters. The van der Waals surface area contributed by atoms with Crippen LogP contribution < -0.4 is 5.32 Å². The Morgan fingerprint density at radius 3 is 2.78 bits per heavy atom. The van der Waals surface area contributed by atoms with E-state index in [-0.39, 0.29) is 6.04 Å². The zero-order valence-corrected chi connectivity index (χ0v) is 10.7. The van der Waals surface area contributed by atoms with E-state index in [0.29, 0.717) is 5.82 Å². The lowest BCUT2D eigenvalue weighted by molar-refractivity contribution is 0.0649. The number of benzene rings is 1. The van der Waals surface area contributed by atoms with Gasteiger partial charge in [0.05, 0.1) is 11.6 Å². The Balaban J connectivity index is 2.18. The van der Waals surface area contributed by atoms with Crippen molar-refractivity contribution in [1.82, 2.24) is 20.6 Å². The highest BCUT2D eigenvalue weighted by molar-refractivity contribution is 5.62. The first kappa shape index (κ1) is 12.5. The Bertz CT molecular complexity index is 503. The number of hydrogen-bond acceptors (Lipinski definition) is 5. The van der Waals surface area contributed by atoms with E-state index in [1.54, 1.807) is 13.8 Å². The Hall–Kier alpha value is -1.95. The monoisotopic (exact) mass is 247 g/mol. The molecule has 6 heteroatoms. The number of H-pyrrole nitrogens is 1. The molecule has 1 heterocycles. The Morgan fingerprint density at radius 1 is 1.39 bits per heavy atom. The third kappa shape index (κ3) is 2.84. The quantitative estimate of drug-likeness (QED) is 0.761. The molecule has 0 saturated heterocycles. The molecule has 6 nitrogen and oxygen atoms in total. The minimum absolute atomic E-state index is 0.0713. The van der Waals surface area contributed by atoms with Gasteiger partial charge < -0.3 is 10.4 Å². The lowest BCUT2D eigenvalue weighted by Gasteiger charge is -2.27. The zero-order chi connectivity index (χ0) is 13.2. The lowest BCUT2D eigenvalue weighted by Crippen LogP contribution is -2.39. The normalized spacial score (nSPS) is 13.3. The fourth-order valence-corrected chi connectivity index (χ4v) is 1.46. The third-order valence-electron chi connectivity index (χ3n) is 2.91. The second kappa shape index (κ2) is 4.73.